The van der Waals surface area contributed by atoms with Crippen LogP contribution in [-0.2, 0) is 37.0 Å². The van der Waals surface area contributed by atoms with Crippen molar-refractivity contribution in [3.8, 4) is 6.07 Å². The minimum absolute atomic E-state index is 0.0105. The van der Waals surface area contributed by atoms with Gasteiger partial charge in [0, 0.05) is 38.8 Å². The minimum atomic E-state index is -4.83. The van der Waals surface area contributed by atoms with Gasteiger partial charge in [0.1, 0.15) is 35.1 Å². The molecule has 3 amide bonds. The standard InChI is InChI=1S/C34H45F3N8O7S/c1-33(2,3)52-32(48)41-25(21-53(49,50)51)29(46)39-14-11-23-12-17-44(18-13-23)27-19-28(43-31(42-27)34(35,36)37)45-16-4-5-26(45)30(47)40-15-10-22-6-8-24(20-38)9-7-22/h6-9,19,23,25-26H,4-5,10-18,21H2,1-3H3,(H,39,46)(H,40,47)(H,41,48)(H,49,50,51)/t25?,26-/m0/s1. The lowest BCUT2D eigenvalue weighted by Crippen LogP contribution is -2.51. The highest BCUT2D eigenvalue weighted by atomic mass is 32.2. The molecular weight excluding hydrogens is 721 g/mol. The molecule has 0 spiro atoms. The summed E-state index contributed by atoms with van der Waals surface area (Å²) >= 11 is 0. The number of halogens is 3. The molecule has 2 aliphatic heterocycles. The van der Waals surface area contributed by atoms with Gasteiger partial charge in [-0.2, -0.15) is 26.9 Å². The van der Waals surface area contributed by atoms with E-state index in [1.54, 1.807) is 54.8 Å². The molecule has 1 aromatic carbocycles. The number of benzene rings is 1. The van der Waals surface area contributed by atoms with Gasteiger partial charge in [-0.05, 0) is 82.9 Å². The Morgan fingerprint density at radius 3 is 2.28 bits per heavy atom. The summed E-state index contributed by atoms with van der Waals surface area (Å²) in [6, 6.07) is 8.18. The molecule has 2 aliphatic rings. The number of piperidine rings is 1. The summed E-state index contributed by atoms with van der Waals surface area (Å²) in [5.74, 6) is -3.36. The van der Waals surface area contributed by atoms with Gasteiger partial charge in [-0.1, -0.05) is 12.1 Å². The zero-order chi connectivity index (χ0) is 39.0. The number of ether oxygens (including phenoxy) is 1. The van der Waals surface area contributed by atoms with Crippen LogP contribution in [-0.4, -0.2) is 97.0 Å². The van der Waals surface area contributed by atoms with Gasteiger partial charge < -0.3 is 30.5 Å². The number of alkyl halides is 3. The average molecular weight is 767 g/mol. The van der Waals surface area contributed by atoms with Crippen molar-refractivity contribution in [3.63, 3.8) is 0 Å². The molecule has 290 valence electrons. The van der Waals surface area contributed by atoms with E-state index < -0.39 is 57.6 Å². The molecule has 2 saturated heterocycles. The van der Waals surface area contributed by atoms with Gasteiger partial charge in [0.25, 0.3) is 10.1 Å². The van der Waals surface area contributed by atoms with E-state index in [1.165, 1.54) is 6.07 Å². The van der Waals surface area contributed by atoms with E-state index in [0.29, 0.717) is 70.3 Å². The zero-order valence-electron chi connectivity index (χ0n) is 29.8. The fourth-order valence-electron chi connectivity index (χ4n) is 6.18. The molecule has 0 bridgehead atoms. The van der Waals surface area contributed by atoms with Crippen LogP contribution in [0.1, 0.15) is 69.8 Å². The summed E-state index contributed by atoms with van der Waals surface area (Å²) in [7, 11) is -4.63. The molecule has 1 aromatic heterocycles. The van der Waals surface area contributed by atoms with Crippen molar-refractivity contribution in [2.45, 2.75) is 83.2 Å². The molecule has 3 heterocycles. The third kappa shape index (κ3) is 12.7. The maximum Gasteiger partial charge on any atom is 0.451 e. The smallest absolute Gasteiger partial charge is 0.444 e. The predicted octanol–water partition coefficient (Wildman–Crippen LogP) is 3.20. The molecule has 4 rings (SSSR count). The highest BCUT2D eigenvalue weighted by Gasteiger charge is 2.39. The fraction of sp³-hybridized carbons (Fsp3) is 0.588. The number of rotatable bonds is 13. The van der Waals surface area contributed by atoms with Crippen LogP contribution < -0.4 is 25.8 Å². The topological polar surface area (TPSA) is 207 Å². The van der Waals surface area contributed by atoms with Crippen molar-refractivity contribution in [2.75, 3.05) is 48.3 Å². The Hall–Kier alpha value is -4.70. The third-order valence-electron chi connectivity index (χ3n) is 8.77. The van der Waals surface area contributed by atoms with Crippen LogP contribution in [0.25, 0.3) is 0 Å². The highest BCUT2D eigenvalue weighted by molar-refractivity contribution is 7.85. The minimum Gasteiger partial charge on any atom is -0.444 e. The van der Waals surface area contributed by atoms with Crippen molar-refractivity contribution in [2.24, 2.45) is 5.92 Å². The summed E-state index contributed by atoms with van der Waals surface area (Å²) in [5.41, 5.74) is 0.534. The number of nitrogens with zero attached hydrogens (tertiary/aromatic N) is 5. The number of nitriles is 1. The maximum absolute atomic E-state index is 14.0. The van der Waals surface area contributed by atoms with E-state index in [1.807, 2.05) is 6.07 Å². The SMILES string of the molecule is CC(C)(C)OC(=O)NC(CS(=O)(=O)O)C(=O)NCCC1CCN(c2cc(N3CCC[C@H]3C(=O)NCCc3ccc(C#N)cc3)nc(C(F)(F)F)n2)CC1. The predicted molar refractivity (Wildman–Crippen MR) is 187 cm³/mol. The lowest BCUT2D eigenvalue weighted by atomic mass is 9.93. The molecule has 19 heteroatoms. The number of alkyl carbamates (subject to hydrolysis) is 1. The number of hydrogen-bond donors (Lipinski definition) is 4. The number of carbonyl (C=O) groups is 3. The largest absolute Gasteiger partial charge is 0.451 e. The van der Waals surface area contributed by atoms with Crippen molar-refractivity contribution >= 4 is 39.7 Å². The fourth-order valence-corrected chi connectivity index (χ4v) is 6.84. The molecule has 0 saturated carbocycles. The molecule has 2 aromatic rings. The zero-order valence-corrected chi connectivity index (χ0v) is 30.6. The molecular formula is C34H45F3N8O7S. The molecule has 2 atom stereocenters. The molecule has 0 aliphatic carbocycles. The second kappa shape index (κ2) is 17.4. The van der Waals surface area contributed by atoms with Crippen LogP contribution in [0.5, 0.6) is 0 Å². The Balaban J connectivity index is 1.34. The van der Waals surface area contributed by atoms with Crippen LogP contribution in [0.2, 0.25) is 0 Å². The molecule has 1 unspecified atom stereocenters. The first-order chi connectivity index (χ1) is 24.8. The van der Waals surface area contributed by atoms with E-state index in [4.69, 9.17) is 10.00 Å². The number of aromatic nitrogens is 2. The number of amides is 3. The molecule has 53 heavy (non-hydrogen) atoms. The maximum atomic E-state index is 14.0. The van der Waals surface area contributed by atoms with Crippen molar-refractivity contribution in [1.29, 1.82) is 5.26 Å². The van der Waals surface area contributed by atoms with Gasteiger partial charge in [-0.25, -0.2) is 14.8 Å². The Labute approximate surface area is 306 Å². The Bertz CT molecular complexity index is 1760. The Kier molecular flexibility index (Phi) is 13.5. The first-order valence-corrected chi connectivity index (χ1v) is 18.9. The summed E-state index contributed by atoms with van der Waals surface area (Å²) in [4.78, 5) is 49.1. The van der Waals surface area contributed by atoms with Crippen LogP contribution in [0.3, 0.4) is 0 Å². The summed E-state index contributed by atoms with van der Waals surface area (Å²) < 4.78 is 79.4. The van der Waals surface area contributed by atoms with Gasteiger partial charge >= 0.3 is 12.3 Å². The summed E-state index contributed by atoms with van der Waals surface area (Å²) in [6.07, 6.45) is -2.75. The van der Waals surface area contributed by atoms with E-state index in [9.17, 15) is 40.5 Å². The van der Waals surface area contributed by atoms with Gasteiger partial charge in [0.2, 0.25) is 17.6 Å². The number of nitrogens with one attached hydrogen (secondary N) is 3. The lowest BCUT2D eigenvalue weighted by Gasteiger charge is -2.34. The van der Waals surface area contributed by atoms with Gasteiger partial charge in [0.05, 0.1) is 11.6 Å². The molecule has 0 radical (unpaired) electrons. The van der Waals surface area contributed by atoms with Gasteiger partial charge in [-0.3, -0.25) is 14.1 Å². The van der Waals surface area contributed by atoms with Crippen LogP contribution in [0.4, 0.5) is 29.6 Å². The van der Waals surface area contributed by atoms with E-state index in [0.717, 1.165) is 5.56 Å². The van der Waals surface area contributed by atoms with Crippen molar-refractivity contribution < 1.29 is 45.3 Å². The van der Waals surface area contributed by atoms with E-state index >= 15 is 0 Å². The van der Waals surface area contributed by atoms with E-state index in [-0.39, 0.29) is 30.0 Å². The van der Waals surface area contributed by atoms with Crippen LogP contribution >= 0.6 is 0 Å². The first kappa shape index (κ1) is 41.1. The van der Waals surface area contributed by atoms with E-state index in [2.05, 4.69) is 25.9 Å². The Morgan fingerprint density at radius 2 is 1.68 bits per heavy atom. The van der Waals surface area contributed by atoms with Crippen LogP contribution in [0.15, 0.2) is 30.3 Å². The second-order valence-electron chi connectivity index (χ2n) is 14.1. The monoisotopic (exact) mass is 766 g/mol. The van der Waals surface area contributed by atoms with Gasteiger partial charge in [-0.15, -0.1) is 0 Å². The van der Waals surface area contributed by atoms with Crippen LogP contribution in [0, 0.1) is 17.2 Å². The summed E-state index contributed by atoms with van der Waals surface area (Å²) in [5, 5.41) is 16.6. The van der Waals surface area contributed by atoms with Crippen molar-refractivity contribution in [3.05, 3.63) is 47.3 Å². The first-order valence-electron chi connectivity index (χ1n) is 17.3. The highest BCUT2D eigenvalue weighted by Crippen LogP contribution is 2.34. The number of carbonyl (C=O) groups excluding carboxylic acids is 3. The Morgan fingerprint density at radius 1 is 1.02 bits per heavy atom. The molecule has 2 fully saturated rings. The lowest BCUT2D eigenvalue weighted by molar-refractivity contribution is -0.144. The number of hydrogen-bond acceptors (Lipinski definition) is 11. The summed E-state index contributed by atoms with van der Waals surface area (Å²) in [6.45, 7) is 6.24. The second-order valence-corrected chi connectivity index (χ2v) is 15.6. The average Bonchev–Trinajstić information content (AvgIpc) is 3.57. The van der Waals surface area contributed by atoms with Gasteiger partial charge in [0.15, 0.2) is 0 Å². The molecule has 15 nitrogen and oxygen atoms in total. The quantitative estimate of drug-likeness (QED) is 0.217. The molecule has 4 N–H and O–H groups in total. The van der Waals surface area contributed by atoms with Crippen molar-refractivity contribution in [1.82, 2.24) is 25.9 Å². The number of anilines is 2. The third-order valence-corrected chi connectivity index (χ3v) is 9.53. The normalized spacial score (nSPS) is 17.5.